The summed E-state index contributed by atoms with van der Waals surface area (Å²) in [5.41, 5.74) is 0. The standard InChI is InChI=1S/C4H12N.BI4/c1-5(2,3)4;2-1(3,4)5/h1-4H3;/q+1;-1. The maximum atomic E-state index is 2.40. The predicted molar refractivity (Wildman–Crippen MR) is 85.8 cm³/mol. The van der Waals surface area contributed by atoms with Crippen LogP contribution < -0.4 is 0 Å². The van der Waals surface area contributed by atoms with Gasteiger partial charge in [0.1, 0.15) is 0 Å². The molecule has 0 fully saturated rings. The second-order valence-electron chi connectivity index (χ2n) is 3.18. The van der Waals surface area contributed by atoms with E-state index in [1.54, 1.807) is 0 Å². The molecule has 0 radical (unpaired) electrons. The highest BCUT2D eigenvalue weighted by molar-refractivity contribution is 14.5. The molecular weight excluding hydrogens is 580 g/mol. The summed E-state index contributed by atoms with van der Waals surface area (Å²) in [5.74, 6) is 0. The lowest BCUT2D eigenvalue weighted by molar-refractivity contribution is -0.849. The Morgan fingerprint density at radius 2 is 0.800 bits per heavy atom. The molecule has 0 aromatic carbocycles. The van der Waals surface area contributed by atoms with Gasteiger partial charge in [-0.1, -0.05) is 0 Å². The molecule has 0 saturated heterocycles. The van der Waals surface area contributed by atoms with Crippen LogP contribution >= 0.6 is 89.5 Å². The van der Waals surface area contributed by atoms with E-state index in [0.29, 0.717) is 0 Å². The van der Waals surface area contributed by atoms with E-state index < -0.39 is 0 Å². The summed E-state index contributed by atoms with van der Waals surface area (Å²) in [5, 5.41) is 0. The van der Waals surface area contributed by atoms with E-state index >= 15 is 0 Å². The normalized spacial score (nSPS) is 12.0. The first-order valence-corrected chi connectivity index (χ1v) is 7.64. The zero-order valence-corrected chi connectivity index (χ0v) is 15.2. The van der Waals surface area contributed by atoms with Gasteiger partial charge in [-0.3, -0.25) is 0 Å². The smallest absolute Gasteiger partial charge is 0.234 e. The van der Waals surface area contributed by atoms with E-state index in [1.165, 1.54) is 0 Å². The molecule has 0 spiro atoms. The van der Waals surface area contributed by atoms with Crippen molar-refractivity contribution in [2.24, 2.45) is 0 Å². The summed E-state index contributed by atoms with van der Waals surface area (Å²) in [6.07, 6.45) is 0. The molecule has 0 unspecified atom stereocenters. The predicted octanol–water partition coefficient (Wildman–Crippen LogP) is 3.48. The molecule has 64 valence electrons. The highest BCUT2D eigenvalue weighted by Gasteiger charge is 1.98. The van der Waals surface area contributed by atoms with E-state index in [2.05, 4.69) is 118 Å². The first-order valence-electron chi connectivity index (χ1n) is 2.66. The second-order valence-corrected chi connectivity index (χ2v) is 25.0. The molecule has 0 saturated carbocycles. The zero-order chi connectivity index (χ0) is 9.00. The van der Waals surface area contributed by atoms with Gasteiger partial charge >= 0.3 is 0 Å². The minimum absolute atomic E-state index is 0.120. The summed E-state index contributed by atoms with van der Waals surface area (Å²) in [6, 6.07) is 0. The Kier molecular flexibility index (Phi) is 9.88. The Morgan fingerprint density at radius 1 is 0.800 bits per heavy atom. The third-order valence-corrected chi connectivity index (χ3v) is 0. The number of halogens is 4. The molecule has 0 aliphatic rings. The van der Waals surface area contributed by atoms with Crippen LogP contribution in [0.15, 0.2) is 0 Å². The Labute approximate surface area is 117 Å². The highest BCUT2D eigenvalue weighted by atomic mass is 127. The zero-order valence-electron chi connectivity index (χ0n) is 6.54. The second kappa shape index (κ2) is 6.41. The summed E-state index contributed by atoms with van der Waals surface area (Å²) in [4.78, 5) is 0. The van der Waals surface area contributed by atoms with E-state index in [4.69, 9.17) is 0 Å². The number of hydrogen-bond acceptors (Lipinski definition) is 0. The molecular formula is C4H12BI4N. The van der Waals surface area contributed by atoms with E-state index in [0.717, 1.165) is 4.48 Å². The molecule has 0 aromatic rings. The fourth-order valence-electron chi connectivity index (χ4n) is 0. The van der Waals surface area contributed by atoms with E-state index in [1.807, 2.05) is 0 Å². The van der Waals surface area contributed by atoms with Crippen molar-refractivity contribution in [2.75, 3.05) is 28.2 Å². The van der Waals surface area contributed by atoms with Gasteiger partial charge in [0.2, 0.25) is -2.43 Å². The first kappa shape index (κ1) is 15.4. The van der Waals surface area contributed by atoms with Crippen LogP contribution in [0.3, 0.4) is 0 Å². The summed E-state index contributed by atoms with van der Waals surface area (Å²) in [7, 11) is 8.50. The Morgan fingerprint density at radius 3 is 0.800 bits per heavy atom. The Bertz CT molecular complexity index is 60.2. The molecule has 10 heavy (non-hydrogen) atoms. The maximum absolute atomic E-state index is 2.40. The molecule has 0 rings (SSSR count). The number of rotatable bonds is 0. The molecule has 0 amide bonds. The van der Waals surface area contributed by atoms with Crippen molar-refractivity contribution >= 4 is 87.1 Å². The summed E-state index contributed by atoms with van der Waals surface area (Å²) < 4.78 is 0.880. The number of quaternary nitrogens is 1. The largest absolute Gasteiger partial charge is 0.333 e. The topological polar surface area (TPSA) is 0 Å². The first-order chi connectivity index (χ1) is 4.00. The molecule has 0 bridgehead atoms. The maximum Gasteiger partial charge on any atom is 0.234 e. The average molecular weight is 593 g/mol. The van der Waals surface area contributed by atoms with Crippen LogP contribution in [0.4, 0.5) is 0 Å². The molecule has 6 heteroatoms. The van der Waals surface area contributed by atoms with Crippen molar-refractivity contribution < 1.29 is 4.48 Å². The minimum atomic E-state index is -0.120. The third kappa shape index (κ3) is 125. The van der Waals surface area contributed by atoms with Crippen molar-refractivity contribution in [3.8, 4) is 0 Å². The van der Waals surface area contributed by atoms with Crippen LogP contribution in [-0.4, -0.2) is 30.2 Å². The van der Waals surface area contributed by atoms with Crippen molar-refractivity contribution in [3.63, 3.8) is 0 Å². The highest BCUT2D eigenvalue weighted by Crippen LogP contribution is 2.35. The third-order valence-electron chi connectivity index (χ3n) is 0. The molecule has 0 atom stereocenters. The fourth-order valence-corrected chi connectivity index (χ4v) is 0. The van der Waals surface area contributed by atoms with Crippen LogP contribution in [0.2, 0.25) is 0 Å². The van der Waals surface area contributed by atoms with Crippen molar-refractivity contribution in [1.82, 2.24) is 0 Å². The van der Waals surface area contributed by atoms with Gasteiger partial charge in [-0.25, -0.2) is 0 Å². The van der Waals surface area contributed by atoms with Gasteiger partial charge in [-0.2, -0.15) is 0 Å². The van der Waals surface area contributed by atoms with Gasteiger partial charge in [0.25, 0.3) is 0 Å². The SMILES string of the molecule is C[N+](C)(C)C.I[B-](I)(I)I. The minimum Gasteiger partial charge on any atom is -0.333 e. The molecule has 0 aliphatic carbocycles. The van der Waals surface area contributed by atoms with Gasteiger partial charge in [0.05, 0.1) is 28.2 Å². The fraction of sp³-hybridized carbons (Fsp3) is 1.00. The monoisotopic (exact) mass is 593 g/mol. The summed E-state index contributed by atoms with van der Waals surface area (Å²) >= 11 is 9.60. The molecule has 0 aliphatic heterocycles. The Balaban J connectivity index is 0. The van der Waals surface area contributed by atoms with Crippen molar-refractivity contribution in [3.05, 3.63) is 0 Å². The van der Waals surface area contributed by atoms with Gasteiger partial charge in [-0.05, 0) is 0 Å². The van der Waals surface area contributed by atoms with E-state index in [-0.39, 0.29) is -2.43 Å². The van der Waals surface area contributed by atoms with Gasteiger partial charge in [-0.15, -0.1) is 0 Å². The van der Waals surface area contributed by atoms with Gasteiger partial charge < -0.3 is 94.0 Å². The number of nitrogens with zero attached hydrogens (tertiary/aromatic N) is 1. The lowest BCUT2D eigenvalue weighted by Crippen LogP contribution is -2.27. The Hall–Kier alpha value is 2.94. The van der Waals surface area contributed by atoms with Crippen LogP contribution in [0.1, 0.15) is 0 Å². The van der Waals surface area contributed by atoms with Crippen LogP contribution in [0.25, 0.3) is 0 Å². The molecule has 0 heterocycles. The lowest BCUT2D eigenvalue weighted by Gasteiger charge is -2.14. The van der Waals surface area contributed by atoms with Crippen LogP contribution in [-0.2, 0) is 0 Å². The molecule has 1 nitrogen and oxygen atoms in total. The molecule has 0 aromatic heterocycles. The van der Waals surface area contributed by atoms with Crippen molar-refractivity contribution in [1.29, 1.82) is 0 Å². The molecule has 0 N–H and O–H groups in total. The lowest BCUT2D eigenvalue weighted by atomic mass is 10.8. The van der Waals surface area contributed by atoms with Gasteiger partial charge in [0, 0.05) is 0 Å². The number of hydrogen-bond donors (Lipinski definition) is 0. The van der Waals surface area contributed by atoms with Crippen LogP contribution in [0, 0.1) is 0 Å². The van der Waals surface area contributed by atoms with E-state index in [9.17, 15) is 0 Å². The average Bonchev–Trinajstić information content (AvgIpc) is 1.12. The van der Waals surface area contributed by atoms with Gasteiger partial charge in [0.15, 0.2) is 0 Å². The van der Waals surface area contributed by atoms with Crippen molar-refractivity contribution in [2.45, 2.75) is 0 Å². The van der Waals surface area contributed by atoms with Crippen LogP contribution in [0.5, 0.6) is 0 Å². The summed E-state index contributed by atoms with van der Waals surface area (Å²) in [6.45, 7) is 0. The quantitative estimate of drug-likeness (QED) is 0.230.